The highest BCUT2D eigenvalue weighted by Gasteiger charge is 2.27. The van der Waals surface area contributed by atoms with Crippen molar-refractivity contribution in [2.75, 3.05) is 32.7 Å². The third kappa shape index (κ3) is 3.84. The second-order valence-electron chi connectivity index (χ2n) is 3.96. The number of rotatable bonds is 5. The van der Waals surface area contributed by atoms with Gasteiger partial charge in [-0.1, -0.05) is 0 Å². The summed E-state index contributed by atoms with van der Waals surface area (Å²) in [6.07, 6.45) is 6.97. The van der Waals surface area contributed by atoms with Crippen LogP contribution in [0.4, 0.5) is 0 Å². The highest BCUT2D eigenvalue weighted by Crippen LogP contribution is 2.05. The lowest BCUT2D eigenvalue weighted by Crippen LogP contribution is -2.57. The van der Waals surface area contributed by atoms with E-state index in [1.165, 1.54) is 0 Å². The van der Waals surface area contributed by atoms with Crippen LogP contribution in [-0.2, 0) is 4.79 Å². The van der Waals surface area contributed by atoms with Gasteiger partial charge >= 0.3 is 0 Å². The maximum atomic E-state index is 11.8. The molecule has 2 N–H and O–H groups in total. The Hall–Kier alpha value is -1.05. The lowest BCUT2D eigenvalue weighted by Gasteiger charge is -2.34. The van der Waals surface area contributed by atoms with Gasteiger partial charge in [0.2, 0.25) is 5.91 Å². The average molecular weight is 223 g/mol. The normalized spacial score (nSPS) is 21.4. The fourth-order valence-electron chi connectivity index (χ4n) is 1.95. The first-order valence-corrected chi connectivity index (χ1v) is 5.95. The molecule has 1 unspecified atom stereocenters. The second kappa shape index (κ2) is 7.26. The number of likely N-dealkylation sites (N-methyl/N-ethyl adjacent to an activating group) is 1. The van der Waals surface area contributed by atoms with Crippen LogP contribution in [0.3, 0.4) is 0 Å². The molecule has 16 heavy (non-hydrogen) atoms. The average Bonchev–Trinajstić information content (AvgIpc) is 2.30. The fourth-order valence-corrected chi connectivity index (χ4v) is 1.95. The van der Waals surface area contributed by atoms with Crippen LogP contribution in [0, 0.1) is 12.3 Å². The van der Waals surface area contributed by atoms with E-state index in [2.05, 4.69) is 21.5 Å². The third-order valence-electron chi connectivity index (χ3n) is 2.77. The van der Waals surface area contributed by atoms with E-state index in [-0.39, 0.29) is 11.9 Å². The van der Waals surface area contributed by atoms with Crippen LogP contribution >= 0.6 is 0 Å². The molecule has 1 rings (SSSR count). The van der Waals surface area contributed by atoms with Crippen LogP contribution < -0.4 is 10.6 Å². The first-order chi connectivity index (χ1) is 7.79. The van der Waals surface area contributed by atoms with Crippen LogP contribution in [0.25, 0.3) is 0 Å². The molecule has 1 heterocycles. The molecule has 0 aliphatic carbocycles. The maximum Gasteiger partial charge on any atom is 0.238 e. The molecule has 0 bridgehead atoms. The molecule has 1 saturated heterocycles. The molecule has 0 spiro atoms. The van der Waals surface area contributed by atoms with Crippen molar-refractivity contribution in [2.24, 2.45) is 0 Å². The number of hydrogen-bond acceptors (Lipinski definition) is 3. The fraction of sp³-hybridized carbons (Fsp3) is 0.750. The molecule has 1 amide bonds. The molecule has 0 radical (unpaired) electrons. The van der Waals surface area contributed by atoms with Crippen molar-refractivity contribution in [1.29, 1.82) is 0 Å². The Morgan fingerprint density at radius 1 is 1.69 bits per heavy atom. The van der Waals surface area contributed by atoms with E-state index >= 15 is 0 Å². The molecule has 4 heteroatoms. The van der Waals surface area contributed by atoms with Crippen molar-refractivity contribution in [1.82, 2.24) is 15.5 Å². The zero-order valence-electron chi connectivity index (χ0n) is 9.96. The minimum atomic E-state index is -0.0357. The van der Waals surface area contributed by atoms with Gasteiger partial charge in [-0.3, -0.25) is 9.69 Å². The topological polar surface area (TPSA) is 44.4 Å². The molecule has 0 aromatic carbocycles. The summed E-state index contributed by atoms with van der Waals surface area (Å²) in [6.45, 7) is 6.15. The molecule has 1 aliphatic heterocycles. The van der Waals surface area contributed by atoms with Gasteiger partial charge in [0.15, 0.2) is 0 Å². The van der Waals surface area contributed by atoms with Gasteiger partial charge < -0.3 is 10.6 Å². The quantitative estimate of drug-likeness (QED) is 0.501. The summed E-state index contributed by atoms with van der Waals surface area (Å²) in [5.74, 6) is 2.75. The number of nitrogens with one attached hydrogen (secondary N) is 2. The Morgan fingerprint density at radius 3 is 3.19 bits per heavy atom. The van der Waals surface area contributed by atoms with E-state index in [0.29, 0.717) is 6.54 Å². The Balaban J connectivity index is 2.43. The largest absolute Gasteiger partial charge is 0.355 e. The molecule has 1 aliphatic rings. The summed E-state index contributed by atoms with van der Waals surface area (Å²) in [6, 6.07) is -0.0357. The Labute approximate surface area is 97.8 Å². The number of carbonyl (C=O) groups excluding carboxylic acids is 1. The van der Waals surface area contributed by atoms with Crippen molar-refractivity contribution in [3.8, 4) is 12.3 Å². The number of terminal acetylenes is 1. The highest BCUT2D eigenvalue weighted by atomic mass is 16.2. The molecule has 0 aromatic heterocycles. The molecule has 90 valence electrons. The maximum absolute atomic E-state index is 11.8. The van der Waals surface area contributed by atoms with Crippen LogP contribution in [0.5, 0.6) is 0 Å². The lowest BCUT2D eigenvalue weighted by molar-refractivity contribution is -0.126. The zero-order valence-corrected chi connectivity index (χ0v) is 9.96. The van der Waals surface area contributed by atoms with Crippen molar-refractivity contribution in [3.63, 3.8) is 0 Å². The number of piperazine rings is 1. The number of nitrogens with zero attached hydrogens (tertiary/aromatic N) is 1. The standard InChI is InChI=1S/C12H21N3O/c1-3-5-6-8-15-9-7-13-10-11(15)12(16)14-4-2/h1,11,13H,4-10H2,2H3,(H,14,16). The first kappa shape index (κ1) is 13.0. The molecular formula is C12H21N3O. The molecule has 1 fully saturated rings. The highest BCUT2D eigenvalue weighted by molar-refractivity contribution is 5.82. The van der Waals surface area contributed by atoms with Gasteiger partial charge in [-0.05, 0) is 19.9 Å². The minimum Gasteiger partial charge on any atom is -0.355 e. The summed E-state index contributed by atoms with van der Waals surface area (Å²) in [4.78, 5) is 14.0. The lowest BCUT2D eigenvalue weighted by atomic mass is 10.1. The van der Waals surface area contributed by atoms with E-state index in [4.69, 9.17) is 6.42 Å². The Kier molecular flexibility index (Phi) is 5.91. The molecule has 0 aromatic rings. The number of hydrogen-bond donors (Lipinski definition) is 2. The van der Waals surface area contributed by atoms with Crippen molar-refractivity contribution in [3.05, 3.63) is 0 Å². The summed E-state index contributed by atoms with van der Waals surface area (Å²) >= 11 is 0. The molecule has 4 nitrogen and oxygen atoms in total. The predicted octanol–water partition coefficient (Wildman–Crippen LogP) is -0.190. The van der Waals surface area contributed by atoms with Crippen LogP contribution in [0.15, 0.2) is 0 Å². The summed E-state index contributed by atoms with van der Waals surface area (Å²) in [5.41, 5.74) is 0. The van der Waals surface area contributed by atoms with E-state index in [0.717, 1.165) is 39.0 Å². The van der Waals surface area contributed by atoms with Gasteiger partial charge in [0, 0.05) is 32.6 Å². The van der Waals surface area contributed by atoms with Gasteiger partial charge in [0.05, 0.1) is 0 Å². The zero-order chi connectivity index (χ0) is 11.8. The number of amides is 1. The van der Waals surface area contributed by atoms with Gasteiger partial charge in [0.1, 0.15) is 6.04 Å². The SMILES string of the molecule is C#CCCCN1CCNCC1C(=O)NCC. The van der Waals surface area contributed by atoms with Gasteiger partial charge in [-0.25, -0.2) is 0 Å². The van der Waals surface area contributed by atoms with Crippen molar-refractivity contribution >= 4 is 5.91 Å². The smallest absolute Gasteiger partial charge is 0.238 e. The molecule has 1 atom stereocenters. The second-order valence-corrected chi connectivity index (χ2v) is 3.96. The summed E-state index contributed by atoms with van der Waals surface area (Å²) in [5, 5.41) is 6.13. The predicted molar refractivity (Wildman–Crippen MR) is 65.0 cm³/mol. The van der Waals surface area contributed by atoms with Crippen molar-refractivity contribution in [2.45, 2.75) is 25.8 Å². The molecule has 0 saturated carbocycles. The van der Waals surface area contributed by atoms with Crippen molar-refractivity contribution < 1.29 is 4.79 Å². The van der Waals surface area contributed by atoms with E-state index < -0.39 is 0 Å². The number of unbranched alkanes of at least 4 members (excludes halogenated alkanes) is 1. The van der Waals surface area contributed by atoms with Crippen LogP contribution in [-0.4, -0.2) is 49.6 Å². The van der Waals surface area contributed by atoms with Crippen LogP contribution in [0.1, 0.15) is 19.8 Å². The Bertz CT molecular complexity index is 259. The monoisotopic (exact) mass is 223 g/mol. The summed E-state index contributed by atoms with van der Waals surface area (Å²) < 4.78 is 0. The van der Waals surface area contributed by atoms with E-state index in [1.54, 1.807) is 0 Å². The van der Waals surface area contributed by atoms with E-state index in [9.17, 15) is 4.79 Å². The van der Waals surface area contributed by atoms with Gasteiger partial charge in [0.25, 0.3) is 0 Å². The minimum absolute atomic E-state index is 0.0357. The third-order valence-corrected chi connectivity index (χ3v) is 2.77. The van der Waals surface area contributed by atoms with Crippen LogP contribution in [0.2, 0.25) is 0 Å². The van der Waals surface area contributed by atoms with E-state index in [1.807, 2.05) is 6.92 Å². The Morgan fingerprint density at radius 2 is 2.50 bits per heavy atom. The first-order valence-electron chi connectivity index (χ1n) is 5.95. The number of carbonyl (C=O) groups is 1. The summed E-state index contributed by atoms with van der Waals surface area (Å²) in [7, 11) is 0. The van der Waals surface area contributed by atoms with Gasteiger partial charge in [-0.15, -0.1) is 12.3 Å². The molecular weight excluding hydrogens is 202 g/mol. The van der Waals surface area contributed by atoms with Gasteiger partial charge in [-0.2, -0.15) is 0 Å².